The van der Waals surface area contributed by atoms with Gasteiger partial charge in [0.25, 0.3) is 5.91 Å². The van der Waals surface area contributed by atoms with E-state index < -0.39 is 11.0 Å². The number of aromatic nitrogens is 1. The summed E-state index contributed by atoms with van der Waals surface area (Å²) >= 11 is 4.67. The number of ether oxygens (including phenoxy) is 1. The Bertz CT molecular complexity index is 883. The van der Waals surface area contributed by atoms with Gasteiger partial charge < -0.3 is 14.9 Å². The largest absolute Gasteiger partial charge is 0.470 e. The number of nitrogens with one attached hydrogen (secondary N) is 1. The fraction of sp³-hybridized carbons (Fsp3) is 0.333. The highest BCUT2D eigenvalue weighted by Gasteiger charge is 2.26. The maximum atomic E-state index is 12.6. The van der Waals surface area contributed by atoms with Crippen LogP contribution in [0.15, 0.2) is 40.1 Å². The van der Waals surface area contributed by atoms with Gasteiger partial charge in [-0.1, -0.05) is 5.16 Å². The lowest BCUT2D eigenvalue weighted by atomic mass is 10.1. The van der Waals surface area contributed by atoms with Crippen molar-refractivity contribution < 1.29 is 14.4 Å². The molecule has 0 aliphatic carbocycles. The van der Waals surface area contributed by atoms with Crippen LogP contribution in [-0.2, 0) is 9.63 Å². The smallest absolute Gasteiger partial charge is 0.272 e. The van der Waals surface area contributed by atoms with Gasteiger partial charge in [0.05, 0.1) is 17.3 Å². The zero-order valence-corrected chi connectivity index (χ0v) is 17.5. The number of carbonyl (C=O) groups is 1. The Morgan fingerprint density at radius 2 is 2.30 bits per heavy atom. The predicted octanol–water partition coefficient (Wildman–Crippen LogP) is 3.49. The Morgan fingerprint density at radius 3 is 3.00 bits per heavy atom. The van der Waals surface area contributed by atoms with Crippen LogP contribution in [0.25, 0.3) is 10.9 Å². The van der Waals surface area contributed by atoms with E-state index in [0.29, 0.717) is 5.75 Å². The first-order chi connectivity index (χ1) is 12.8. The van der Waals surface area contributed by atoms with Crippen molar-refractivity contribution >= 4 is 50.7 Å². The van der Waals surface area contributed by atoms with Gasteiger partial charge in [-0.05, 0) is 60.3 Å². The minimum absolute atomic E-state index is 0.149. The van der Waals surface area contributed by atoms with Crippen LogP contribution < -0.4 is 10.1 Å². The SMILES string of the molecule is CSC(Oc1ccc2ncc(Br)cc2c1)C(=O)NC(C)(C)/C=N\OCC#N. The highest BCUT2D eigenvalue weighted by Crippen LogP contribution is 2.24. The molecule has 7 nitrogen and oxygen atoms in total. The number of benzene rings is 1. The van der Waals surface area contributed by atoms with E-state index in [-0.39, 0.29) is 12.5 Å². The van der Waals surface area contributed by atoms with Crippen molar-refractivity contribution in [2.24, 2.45) is 5.16 Å². The molecular formula is C18H19BrN4O3S. The monoisotopic (exact) mass is 450 g/mol. The van der Waals surface area contributed by atoms with E-state index >= 15 is 0 Å². The molecule has 0 saturated heterocycles. The topological polar surface area (TPSA) is 96.6 Å². The van der Waals surface area contributed by atoms with Gasteiger partial charge in [0, 0.05) is 16.1 Å². The molecule has 27 heavy (non-hydrogen) atoms. The third-order valence-electron chi connectivity index (χ3n) is 3.32. The molecule has 1 heterocycles. The number of nitrogens with zero attached hydrogens (tertiary/aromatic N) is 3. The summed E-state index contributed by atoms with van der Waals surface area (Å²) in [6, 6.07) is 9.21. The van der Waals surface area contributed by atoms with Crippen molar-refractivity contribution in [3.05, 3.63) is 34.9 Å². The minimum Gasteiger partial charge on any atom is -0.470 e. The number of hydrogen-bond donors (Lipinski definition) is 1. The number of nitriles is 1. The molecule has 1 aromatic carbocycles. The van der Waals surface area contributed by atoms with E-state index in [4.69, 9.17) is 14.8 Å². The maximum Gasteiger partial charge on any atom is 0.272 e. The summed E-state index contributed by atoms with van der Waals surface area (Å²) in [7, 11) is 0. The summed E-state index contributed by atoms with van der Waals surface area (Å²) in [5.74, 6) is 0.271. The third-order valence-corrected chi connectivity index (χ3v) is 4.49. The third kappa shape index (κ3) is 6.41. The number of oxime groups is 1. The molecule has 2 aromatic rings. The average molecular weight is 451 g/mol. The van der Waals surface area contributed by atoms with Crippen molar-refractivity contribution in [3.8, 4) is 11.8 Å². The van der Waals surface area contributed by atoms with Crippen LogP contribution >= 0.6 is 27.7 Å². The lowest BCUT2D eigenvalue weighted by molar-refractivity contribution is -0.125. The number of fused-ring (bicyclic) bond motifs is 1. The quantitative estimate of drug-likeness (QED) is 0.286. The maximum absolute atomic E-state index is 12.6. The fourth-order valence-corrected chi connectivity index (χ4v) is 2.96. The van der Waals surface area contributed by atoms with Crippen LogP contribution in [0.3, 0.4) is 0 Å². The number of thioether (sulfide) groups is 1. The summed E-state index contributed by atoms with van der Waals surface area (Å²) in [5.41, 5.74) is -0.664. The first kappa shape index (κ1) is 21.0. The second-order valence-electron chi connectivity index (χ2n) is 6.07. The zero-order chi connectivity index (χ0) is 19.9. The van der Waals surface area contributed by atoms with Crippen molar-refractivity contribution in [3.63, 3.8) is 0 Å². The summed E-state index contributed by atoms with van der Waals surface area (Å²) in [5, 5.41) is 15.8. The second kappa shape index (κ2) is 9.58. The summed E-state index contributed by atoms with van der Waals surface area (Å²) in [6.07, 6.45) is 4.95. The number of hydrogen-bond acceptors (Lipinski definition) is 7. The molecule has 0 saturated carbocycles. The van der Waals surface area contributed by atoms with Gasteiger partial charge in [-0.15, -0.1) is 11.8 Å². The predicted molar refractivity (Wildman–Crippen MR) is 110 cm³/mol. The van der Waals surface area contributed by atoms with Crippen LogP contribution in [0.1, 0.15) is 13.8 Å². The van der Waals surface area contributed by atoms with Crippen molar-refractivity contribution in [1.82, 2.24) is 10.3 Å². The van der Waals surface area contributed by atoms with E-state index in [0.717, 1.165) is 15.4 Å². The molecule has 1 aromatic heterocycles. The first-order valence-electron chi connectivity index (χ1n) is 7.95. The molecule has 142 valence electrons. The van der Waals surface area contributed by atoms with E-state index in [2.05, 4.69) is 31.4 Å². The molecule has 1 amide bonds. The summed E-state index contributed by atoms with van der Waals surface area (Å²) < 4.78 is 6.72. The molecule has 0 aliphatic heterocycles. The lowest BCUT2D eigenvalue weighted by Crippen LogP contribution is -2.49. The van der Waals surface area contributed by atoms with E-state index in [9.17, 15) is 4.79 Å². The van der Waals surface area contributed by atoms with Gasteiger partial charge in [0.15, 0.2) is 0 Å². The fourth-order valence-electron chi connectivity index (χ4n) is 2.13. The second-order valence-corrected chi connectivity index (χ2v) is 7.89. The Kier molecular flexibility index (Phi) is 7.45. The molecule has 1 N–H and O–H groups in total. The molecule has 0 radical (unpaired) electrons. The Hall–Kier alpha value is -2.31. The Balaban J connectivity index is 2.06. The summed E-state index contributed by atoms with van der Waals surface area (Å²) in [4.78, 5) is 21.6. The van der Waals surface area contributed by atoms with Crippen LogP contribution in [0.5, 0.6) is 5.75 Å². The van der Waals surface area contributed by atoms with Crippen LogP contribution in [-0.4, -0.2) is 40.9 Å². The van der Waals surface area contributed by atoms with Gasteiger partial charge >= 0.3 is 0 Å². The van der Waals surface area contributed by atoms with E-state index in [1.165, 1.54) is 18.0 Å². The minimum atomic E-state index is -0.762. The highest BCUT2D eigenvalue weighted by molar-refractivity contribution is 9.10. The molecule has 2 rings (SSSR count). The number of rotatable bonds is 8. The van der Waals surface area contributed by atoms with Crippen LogP contribution in [0, 0.1) is 11.3 Å². The zero-order valence-electron chi connectivity index (χ0n) is 15.1. The molecular weight excluding hydrogens is 432 g/mol. The number of pyridine rings is 1. The standard InChI is InChI=1S/C18H19BrN4O3S/c1-18(2,11-22-25-7-6-20)23-16(24)17(27-3)26-14-4-5-15-12(9-14)8-13(19)10-21-15/h4-5,8-11,17H,7H2,1-3H3,(H,23,24)/b22-11-. The molecule has 0 fully saturated rings. The molecule has 1 atom stereocenters. The van der Waals surface area contributed by atoms with Crippen molar-refractivity contribution in [2.45, 2.75) is 24.8 Å². The Morgan fingerprint density at radius 1 is 1.52 bits per heavy atom. The van der Waals surface area contributed by atoms with Gasteiger partial charge in [-0.2, -0.15) is 5.26 Å². The number of amides is 1. The molecule has 1 unspecified atom stereocenters. The number of carbonyl (C=O) groups excluding carboxylic acids is 1. The number of halogens is 1. The van der Waals surface area contributed by atoms with E-state index in [1.807, 2.05) is 24.3 Å². The van der Waals surface area contributed by atoms with Crippen LogP contribution in [0.4, 0.5) is 0 Å². The molecule has 0 spiro atoms. The van der Waals surface area contributed by atoms with Crippen molar-refractivity contribution in [2.75, 3.05) is 12.9 Å². The van der Waals surface area contributed by atoms with E-state index in [1.54, 1.807) is 32.4 Å². The van der Waals surface area contributed by atoms with Crippen molar-refractivity contribution in [1.29, 1.82) is 5.26 Å². The molecule has 0 aliphatic rings. The highest BCUT2D eigenvalue weighted by atomic mass is 79.9. The first-order valence-corrected chi connectivity index (χ1v) is 10.0. The van der Waals surface area contributed by atoms with Gasteiger partial charge in [0.2, 0.25) is 12.0 Å². The Labute approximate surface area is 170 Å². The van der Waals surface area contributed by atoms with Gasteiger partial charge in [-0.3, -0.25) is 9.78 Å². The normalized spacial score (nSPS) is 12.6. The molecule has 0 bridgehead atoms. The molecule has 9 heteroatoms. The van der Waals surface area contributed by atoms with Crippen LogP contribution in [0.2, 0.25) is 0 Å². The van der Waals surface area contributed by atoms with Gasteiger partial charge in [-0.25, -0.2) is 0 Å². The summed E-state index contributed by atoms with van der Waals surface area (Å²) in [6.45, 7) is 3.38. The van der Waals surface area contributed by atoms with Gasteiger partial charge in [0.1, 0.15) is 11.8 Å². The average Bonchev–Trinajstić information content (AvgIpc) is 2.62. The lowest BCUT2D eigenvalue weighted by Gasteiger charge is -2.24.